The van der Waals surface area contributed by atoms with E-state index in [0.717, 1.165) is 37.7 Å². The number of nitrogens with zero attached hydrogens (tertiary/aromatic N) is 4. The van der Waals surface area contributed by atoms with Gasteiger partial charge < -0.3 is 4.90 Å². The third-order valence-corrected chi connectivity index (χ3v) is 3.76. The summed E-state index contributed by atoms with van der Waals surface area (Å²) < 4.78 is 0. The van der Waals surface area contributed by atoms with E-state index in [1.165, 1.54) is 6.42 Å². The molecule has 0 bridgehead atoms. The van der Waals surface area contributed by atoms with E-state index in [1.807, 2.05) is 6.92 Å². The van der Waals surface area contributed by atoms with Gasteiger partial charge in [-0.05, 0) is 26.5 Å². The lowest BCUT2D eigenvalue weighted by atomic mass is 10.1. The Bertz CT molecular complexity index is 390. The van der Waals surface area contributed by atoms with Crippen LogP contribution in [0.2, 0.25) is 5.15 Å². The van der Waals surface area contributed by atoms with E-state index in [1.54, 1.807) is 6.07 Å². The summed E-state index contributed by atoms with van der Waals surface area (Å²) in [6, 6.07) is 2.43. The number of rotatable bonds is 3. The number of hydrogen-bond donors (Lipinski definition) is 0. The number of piperazine rings is 1. The summed E-state index contributed by atoms with van der Waals surface area (Å²) in [5, 5.41) is 0.540. The molecule has 0 aromatic carbocycles. The summed E-state index contributed by atoms with van der Waals surface area (Å²) >= 11 is 5.97. The molecule has 18 heavy (non-hydrogen) atoms. The highest BCUT2D eigenvalue weighted by molar-refractivity contribution is 6.29. The van der Waals surface area contributed by atoms with Crippen LogP contribution in [0.5, 0.6) is 0 Å². The minimum Gasteiger partial charge on any atom is -0.301 e. The van der Waals surface area contributed by atoms with Crippen LogP contribution in [0, 0.1) is 6.92 Å². The van der Waals surface area contributed by atoms with Crippen LogP contribution in [-0.2, 0) is 6.54 Å². The summed E-state index contributed by atoms with van der Waals surface area (Å²) in [5.74, 6) is 0.833. The standard InChI is InChI=1S/C13H21ClN4/c1-4-11-8-18(6-5-17(11)3)9-13-15-10(2)7-12(14)16-13/h7,11H,4-6,8-9H2,1-3H3. The van der Waals surface area contributed by atoms with Crippen LogP contribution in [-0.4, -0.2) is 52.5 Å². The van der Waals surface area contributed by atoms with Gasteiger partial charge in [0.25, 0.3) is 0 Å². The highest BCUT2D eigenvalue weighted by Crippen LogP contribution is 2.14. The Morgan fingerprint density at radius 3 is 2.83 bits per heavy atom. The molecule has 1 aromatic heterocycles. The number of halogens is 1. The van der Waals surface area contributed by atoms with E-state index in [4.69, 9.17) is 11.6 Å². The van der Waals surface area contributed by atoms with Crippen molar-refractivity contribution in [1.29, 1.82) is 0 Å². The molecule has 2 heterocycles. The molecule has 1 unspecified atom stereocenters. The molecule has 1 aliphatic rings. The molecule has 4 nitrogen and oxygen atoms in total. The molecule has 0 spiro atoms. The van der Waals surface area contributed by atoms with E-state index in [9.17, 15) is 0 Å². The molecule has 0 radical (unpaired) electrons. The predicted octanol–water partition coefficient (Wildman–Crippen LogP) is 1.96. The molecule has 0 aliphatic carbocycles. The fraction of sp³-hybridized carbons (Fsp3) is 0.692. The molecular weight excluding hydrogens is 248 g/mol. The number of likely N-dealkylation sites (N-methyl/N-ethyl adjacent to an activating group) is 1. The molecule has 5 heteroatoms. The van der Waals surface area contributed by atoms with E-state index >= 15 is 0 Å². The molecule has 2 rings (SSSR count). The topological polar surface area (TPSA) is 32.3 Å². The van der Waals surface area contributed by atoms with Crippen LogP contribution in [0.3, 0.4) is 0 Å². The van der Waals surface area contributed by atoms with Crippen molar-refractivity contribution >= 4 is 11.6 Å². The molecule has 1 aromatic rings. The van der Waals surface area contributed by atoms with E-state index in [0.29, 0.717) is 11.2 Å². The average molecular weight is 269 g/mol. The molecule has 0 saturated carbocycles. The van der Waals surface area contributed by atoms with Crippen LogP contribution in [0.1, 0.15) is 24.9 Å². The van der Waals surface area contributed by atoms with Gasteiger partial charge in [0.2, 0.25) is 0 Å². The first-order chi connectivity index (χ1) is 8.58. The van der Waals surface area contributed by atoms with Crippen LogP contribution in [0.25, 0.3) is 0 Å². The van der Waals surface area contributed by atoms with Crippen LogP contribution < -0.4 is 0 Å². The van der Waals surface area contributed by atoms with Crippen molar-refractivity contribution in [3.05, 3.63) is 22.7 Å². The van der Waals surface area contributed by atoms with Gasteiger partial charge in [-0.1, -0.05) is 18.5 Å². The van der Waals surface area contributed by atoms with E-state index in [-0.39, 0.29) is 0 Å². The van der Waals surface area contributed by atoms with Gasteiger partial charge in [-0.3, -0.25) is 4.90 Å². The maximum Gasteiger partial charge on any atom is 0.144 e. The minimum absolute atomic E-state index is 0.540. The Hall–Kier alpha value is -0.710. The Kier molecular flexibility index (Phi) is 4.54. The largest absolute Gasteiger partial charge is 0.301 e. The van der Waals surface area contributed by atoms with Crippen LogP contribution >= 0.6 is 11.6 Å². The van der Waals surface area contributed by atoms with Gasteiger partial charge in [-0.15, -0.1) is 0 Å². The van der Waals surface area contributed by atoms with E-state index < -0.39 is 0 Å². The molecule has 1 aliphatic heterocycles. The van der Waals surface area contributed by atoms with Crippen molar-refractivity contribution in [2.75, 3.05) is 26.7 Å². The first-order valence-electron chi connectivity index (χ1n) is 6.51. The van der Waals surface area contributed by atoms with Crippen LogP contribution in [0.4, 0.5) is 0 Å². The highest BCUT2D eigenvalue weighted by Gasteiger charge is 2.23. The summed E-state index contributed by atoms with van der Waals surface area (Å²) in [6.45, 7) is 8.26. The third kappa shape index (κ3) is 3.40. The van der Waals surface area contributed by atoms with Gasteiger partial charge in [0.05, 0.1) is 6.54 Å². The quantitative estimate of drug-likeness (QED) is 0.785. The Balaban J connectivity index is 2.01. The van der Waals surface area contributed by atoms with Gasteiger partial charge >= 0.3 is 0 Å². The highest BCUT2D eigenvalue weighted by atomic mass is 35.5. The third-order valence-electron chi connectivity index (χ3n) is 3.57. The maximum absolute atomic E-state index is 5.97. The fourth-order valence-corrected chi connectivity index (χ4v) is 2.71. The zero-order valence-corrected chi connectivity index (χ0v) is 12.1. The first-order valence-corrected chi connectivity index (χ1v) is 6.89. The Morgan fingerprint density at radius 1 is 1.39 bits per heavy atom. The van der Waals surface area contributed by atoms with Crippen molar-refractivity contribution in [3.63, 3.8) is 0 Å². The predicted molar refractivity (Wildman–Crippen MR) is 73.8 cm³/mol. The van der Waals surface area contributed by atoms with E-state index in [2.05, 4.69) is 33.7 Å². The molecule has 1 saturated heterocycles. The lowest BCUT2D eigenvalue weighted by Gasteiger charge is -2.38. The second kappa shape index (κ2) is 5.95. The van der Waals surface area contributed by atoms with Crippen LogP contribution in [0.15, 0.2) is 6.07 Å². The average Bonchev–Trinajstić information content (AvgIpc) is 2.30. The second-order valence-electron chi connectivity index (χ2n) is 5.03. The van der Waals surface area contributed by atoms with Crippen molar-refractivity contribution in [2.45, 2.75) is 32.9 Å². The van der Waals surface area contributed by atoms with Gasteiger partial charge in [0.1, 0.15) is 11.0 Å². The van der Waals surface area contributed by atoms with Gasteiger partial charge in [0.15, 0.2) is 0 Å². The summed E-state index contributed by atoms with van der Waals surface area (Å²) in [4.78, 5) is 13.6. The molecular formula is C13H21ClN4. The number of hydrogen-bond acceptors (Lipinski definition) is 4. The Labute approximate surface area is 114 Å². The Morgan fingerprint density at radius 2 is 2.17 bits per heavy atom. The van der Waals surface area contributed by atoms with Gasteiger partial charge in [-0.2, -0.15) is 0 Å². The molecule has 100 valence electrons. The molecule has 1 fully saturated rings. The van der Waals surface area contributed by atoms with Gasteiger partial charge in [-0.25, -0.2) is 9.97 Å². The van der Waals surface area contributed by atoms with Gasteiger partial charge in [0, 0.05) is 31.4 Å². The SMILES string of the molecule is CCC1CN(Cc2nc(C)cc(Cl)n2)CCN1C. The van der Waals surface area contributed by atoms with Crippen molar-refractivity contribution in [1.82, 2.24) is 19.8 Å². The first kappa shape index (κ1) is 13.7. The zero-order chi connectivity index (χ0) is 13.1. The smallest absolute Gasteiger partial charge is 0.144 e. The lowest BCUT2D eigenvalue weighted by molar-refractivity contribution is 0.0865. The molecule has 0 amide bonds. The summed E-state index contributed by atoms with van der Waals surface area (Å²) in [5.41, 5.74) is 0.936. The second-order valence-corrected chi connectivity index (χ2v) is 5.41. The number of aryl methyl sites for hydroxylation is 1. The maximum atomic E-state index is 5.97. The zero-order valence-electron chi connectivity index (χ0n) is 11.4. The van der Waals surface area contributed by atoms with Crippen molar-refractivity contribution in [3.8, 4) is 0 Å². The minimum atomic E-state index is 0.540. The molecule has 0 N–H and O–H groups in total. The monoisotopic (exact) mass is 268 g/mol. The molecule has 1 atom stereocenters. The summed E-state index contributed by atoms with van der Waals surface area (Å²) in [7, 11) is 2.20. The number of aromatic nitrogens is 2. The fourth-order valence-electron chi connectivity index (χ4n) is 2.45. The normalized spacial score (nSPS) is 22.3. The lowest BCUT2D eigenvalue weighted by Crippen LogP contribution is -2.50. The summed E-state index contributed by atoms with van der Waals surface area (Å²) in [6.07, 6.45) is 1.18. The van der Waals surface area contributed by atoms with Crippen molar-refractivity contribution in [2.24, 2.45) is 0 Å². The van der Waals surface area contributed by atoms with Crippen molar-refractivity contribution < 1.29 is 0 Å².